The smallest absolute Gasteiger partial charge is 0.270 e. The Morgan fingerprint density at radius 2 is 2.06 bits per heavy atom. The van der Waals surface area contributed by atoms with Gasteiger partial charge in [0.05, 0.1) is 12.7 Å². The Morgan fingerprint density at radius 1 is 1.38 bits per heavy atom. The number of aryl methyl sites for hydroxylation is 1. The van der Waals surface area contributed by atoms with E-state index >= 15 is 0 Å². The zero-order chi connectivity index (χ0) is 11.5. The van der Waals surface area contributed by atoms with Crippen LogP contribution in [0.15, 0.2) is 30.5 Å². The second-order valence-corrected chi connectivity index (χ2v) is 3.65. The number of hydrogen-bond donors (Lipinski definition) is 1. The van der Waals surface area contributed by atoms with Crippen molar-refractivity contribution >= 4 is 5.91 Å². The summed E-state index contributed by atoms with van der Waals surface area (Å²) in [7, 11) is 0. The lowest BCUT2D eigenvalue weighted by Crippen LogP contribution is -2.11. The minimum absolute atomic E-state index is 0.187. The number of benzene rings is 1. The predicted octanol–water partition coefficient (Wildman–Crippen LogP) is 0.734. The van der Waals surface area contributed by atoms with Crippen molar-refractivity contribution in [3.63, 3.8) is 0 Å². The molecule has 1 aromatic carbocycles. The van der Waals surface area contributed by atoms with Crippen LogP contribution in [0.1, 0.15) is 21.6 Å². The van der Waals surface area contributed by atoms with Crippen LogP contribution in [0.5, 0.6) is 0 Å². The van der Waals surface area contributed by atoms with Gasteiger partial charge in [-0.2, -0.15) is 0 Å². The molecule has 1 amide bonds. The first-order chi connectivity index (χ1) is 7.65. The molecular formula is C11H12N4O. The molecule has 0 radical (unpaired) electrons. The Bertz CT molecular complexity index is 501. The first-order valence-electron chi connectivity index (χ1n) is 4.90. The minimum atomic E-state index is -0.560. The Hall–Kier alpha value is -2.17. The lowest BCUT2D eigenvalue weighted by atomic mass is 10.1. The van der Waals surface area contributed by atoms with E-state index in [9.17, 15) is 4.79 Å². The van der Waals surface area contributed by atoms with Crippen LogP contribution in [0.3, 0.4) is 0 Å². The molecule has 0 saturated heterocycles. The summed E-state index contributed by atoms with van der Waals surface area (Å²) >= 11 is 0. The molecule has 0 saturated carbocycles. The van der Waals surface area contributed by atoms with Crippen molar-refractivity contribution in [2.24, 2.45) is 5.73 Å². The SMILES string of the molecule is Cc1ccc(Cn2cc(C(N)=O)nn2)cc1. The molecule has 5 heteroatoms. The predicted molar refractivity (Wildman–Crippen MR) is 58.8 cm³/mol. The summed E-state index contributed by atoms with van der Waals surface area (Å²) < 4.78 is 1.59. The number of carbonyl (C=O) groups excluding carboxylic acids is 1. The molecule has 0 atom stereocenters. The fourth-order valence-corrected chi connectivity index (χ4v) is 1.37. The quantitative estimate of drug-likeness (QED) is 0.822. The molecule has 0 aliphatic carbocycles. The van der Waals surface area contributed by atoms with Gasteiger partial charge >= 0.3 is 0 Å². The van der Waals surface area contributed by atoms with Crippen LogP contribution < -0.4 is 5.73 Å². The van der Waals surface area contributed by atoms with Gasteiger partial charge in [-0.25, -0.2) is 4.68 Å². The number of hydrogen-bond acceptors (Lipinski definition) is 3. The molecule has 2 rings (SSSR count). The van der Waals surface area contributed by atoms with Gasteiger partial charge in [-0.05, 0) is 12.5 Å². The molecular weight excluding hydrogens is 204 g/mol. The largest absolute Gasteiger partial charge is 0.364 e. The topological polar surface area (TPSA) is 73.8 Å². The zero-order valence-corrected chi connectivity index (χ0v) is 8.92. The number of nitrogens with zero attached hydrogens (tertiary/aromatic N) is 3. The molecule has 1 heterocycles. The number of aromatic nitrogens is 3. The zero-order valence-electron chi connectivity index (χ0n) is 8.92. The van der Waals surface area contributed by atoms with Crippen molar-refractivity contribution in [2.75, 3.05) is 0 Å². The van der Waals surface area contributed by atoms with Crippen LogP contribution in [-0.4, -0.2) is 20.9 Å². The Balaban J connectivity index is 2.14. The van der Waals surface area contributed by atoms with Gasteiger partial charge in [-0.1, -0.05) is 35.0 Å². The third-order valence-electron chi connectivity index (χ3n) is 2.26. The molecule has 82 valence electrons. The summed E-state index contributed by atoms with van der Waals surface area (Å²) in [4.78, 5) is 10.8. The number of nitrogens with two attached hydrogens (primary N) is 1. The van der Waals surface area contributed by atoms with Crippen molar-refractivity contribution in [1.82, 2.24) is 15.0 Å². The maximum absolute atomic E-state index is 10.8. The van der Waals surface area contributed by atoms with E-state index in [0.29, 0.717) is 6.54 Å². The number of carbonyl (C=O) groups is 1. The lowest BCUT2D eigenvalue weighted by Gasteiger charge is -2.00. The molecule has 1 aromatic heterocycles. The van der Waals surface area contributed by atoms with E-state index in [0.717, 1.165) is 5.56 Å². The van der Waals surface area contributed by atoms with Crippen molar-refractivity contribution < 1.29 is 4.79 Å². The van der Waals surface area contributed by atoms with Crippen LogP contribution in [0.25, 0.3) is 0 Å². The summed E-state index contributed by atoms with van der Waals surface area (Å²) in [6.45, 7) is 2.62. The summed E-state index contributed by atoms with van der Waals surface area (Å²) in [6, 6.07) is 8.09. The number of amides is 1. The van der Waals surface area contributed by atoms with Crippen molar-refractivity contribution in [3.8, 4) is 0 Å². The van der Waals surface area contributed by atoms with Crippen molar-refractivity contribution in [1.29, 1.82) is 0 Å². The summed E-state index contributed by atoms with van der Waals surface area (Å²) in [5, 5.41) is 7.49. The molecule has 0 aliphatic rings. The van der Waals surface area contributed by atoms with E-state index in [1.807, 2.05) is 31.2 Å². The van der Waals surface area contributed by atoms with Gasteiger partial charge in [0.1, 0.15) is 0 Å². The molecule has 0 fully saturated rings. The monoisotopic (exact) mass is 216 g/mol. The first-order valence-corrected chi connectivity index (χ1v) is 4.90. The molecule has 0 spiro atoms. The average Bonchev–Trinajstić information content (AvgIpc) is 2.70. The van der Waals surface area contributed by atoms with Gasteiger partial charge in [-0.15, -0.1) is 5.10 Å². The van der Waals surface area contributed by atoms with E-state index in [1.54, 1.807) is 10.9 Å². The Labute approximate surface area is 92.9 Å². The van der Waals surface area contributed by atoms with Gasteiger partial charge in [-0.3, -0.25) is 4.79 Å². The third-order valence-corrected chi connectivity index (χ3v) is 2.26. The number of primary amides is 1. The average molecular weight is 216 g/mol. The van der Waals surface area contributed by atoms with E-state index in [4.69, 9.17) is 5.73 Å². The second-order valence-electron chi connectivity index (χ2n) is 3.65. The van der Waals surface area contributed by atoms with Gasteiger partial charge in [0.15, 0.2) is 5.69 Å². The molecule has 2 N–H and O–H groups in total. The van der Waals surface area contributed by atoms with E-state index < -0.39 is 5.91 Å². The van der Waals surface area contributed by atoms with Gasteiger partial charge in [0, 0.05) is 0 Å². The minimum Gasteiger partial charge on any atom is -0.364 e. The third kappa shape index (κ3) is 2.25. The van der Waals surface area contributed by atoms with Gasteiger partial charge in [0.25, 0.3) is 5.91 Å². The molecule has 0 unspecified atom stereocenters. The normalized spacial score (nSPS) is 10.3. The number of rotatable bonds is 3. The highest BCUT2D eigenvalue weighted by atomic mass is 16.1. The fourth-order valence-electron chi connectivity index (χ4n) is 1.37. The maximum Gasteiger partial charge on any atom is 0.270 e. The van der Waals surface area contributed by atoms with Crippen LogP contribution in [-0.2, 0) is 6.54 Å². The Morgan fingerprint density at radius 3 is 2.62 bits per heavy atom. The highest BCUT2D eigenvalue weighted by Crippen LogP contribution is 2.05. The first kappa shape index (κ1) is 10.4. The Kier molecular flexibility index (Phi) is 2.68. The van der Waals surface area contributed by atoms with E-state index in [2.05, 4.69) is 10.3 Å². The van der Waals surface area contributed by atoms with Gasteiger partial charge in [0.2, 0.25) is 0 Å². The summed E-state index contributed by atoms with van der Waals surface area (Å²) in [5.41, 5.74) is 7.58. The summed E-state index contributed by atoms with van der Waals surface area (Å²) in [5.74, 6) is -0.560. The van der Waals surface area contributed by atoms with Crippen molar-refractivity contribution in [3.05, 3.63) is 47.3 Å². The highest BCUT2D eigenvalue weighted by molar-refractivity contribution is 5.90. The lowest BCUT2D eigenvalue weighted by molar-refractivity contribution is 0.0995. The van der Waals surface area contributed by atoms with E-state index in [-0.39, 0.29) is 5.69 Å². The van der Waals surface area contributed by atoms with Crippen molar-refractivity contribution in [2.45, 2.75) is 13.5 Å². The fraction of sp³-hybridized carbons (Fsp3) is 0.182. The van der Waals surface area contributed by atoms with Gasteiger partial charge < -0.3 is 5.73 Å². The highest BCUT2D eigenvalue weighted by Gasteiger charge is 2.05. The molecule has 0 bridgehead atoms. The van der Waals surface area contributed by atoms with Crippen LogP contribution in [0, 0.1) is 6.92 Å². The van der Waals surface area contributed by atoms with Crippen LogP contribution in [0.2, 0.25) is 0 Å². The standard InChI is InChI=1S/C11H12N4O/c1-8-2-4-9(5-3-8)6-15-7-10(11(12)16)13-14-15/h2-5,7H,6H2,1H3,(H2,12,16). The molecule has 2 aromatic rings. The maximum atomic E-state index is 10.8. The molecule has 16 heavy (non-hydrogen) atoms. The second kappa shape index (κ2) is 4.14. The molecule has 5 nitrogen and oxygen atoms in total. The summed E-state index contributed by atoms with van der Waals surface area (Å²) in [6.07, 6.45) is 1.54. The van der Waals surface area contributed by atoms with E-state index in [1.165, 1.54) is 5.56 Å². The van der Waals surface area contributed by atoms with Crippen LogP contribution >= 0.6 is 0 Å². The molecule has 0 aliphatic heterocycles. The van der Waals surface area contributed by atoms with Crippen LogP contribution in [0.4, 0.5) is 0 Å².